The Morgan fingerprint density at radius 2 is 2.05 bits per heavy atom. The highest BCUT2D eigenvalue weighted by molar-refractivity contribution is 6.08. The van der Waals surface area contributed by atoms with Crippen molar-refractivity contribution in [3.63, 3.8) is 0 Å². The van der Waals surface area contributed by atoms with Crippen molar-refractivity contribution in [3.05, 3.63) is 59.2 Å². The zero-order valence-corrected chi connectivity index (χ0v) is 22.7. The molecule has 0 spiro atoms. The third-order valence-corrected chi connectivity index (χ3v) is 7.30. The van der Waals surface area contributed by atoms with Gasteiger partial charge in [0, 0.05) is 36.9 Å². The molecule has 7 heteroatoms. The van der Waals surface area contributed by atoms with Gasteiger partial charge in [0.2, 0.25) is 5.91 Å². The second-order valence-corrected chi connectivity index (χ2v) is 10.5. The normalized spacial score (nSPS) is 22.8. The number of fused-ring (bicyclic) bond motifs is 1. The van der Waals surface area contributed by atoms with Crippen LogP contribution in [0.2, 0.25) is 0 Å². The van der Waals surface area contributed by atoms with E-state index in [0.717, 1.165) is 32.2 Å². The molecule has 1 fully saturated rings. The zero-order chi connectivity index (χ0) is 27.0. The summed E-state index contributed by atoms with van der Waals surface area (Å²) in [6.07, 6.45) is 11.9. The van der Waals surface area contributed by atoms with Gasteiger partial charge in [-0.25, -0.2) is 0 Å². The first-order chi connectivity index (χ1) is 17.7. The van der Waals surface area contributed by atoms with Crippen LogP contribution in [0.5, 0.6) is 0 Å². The Bertz CT molecular complexity index is 1050. The largest absolute Gasteiger partial charge is 0.396 e. The monoisotopic (exact) mass is 509 g/mol. The van der Waals surface area contributed by atoms with Gasteiger partial charge in [-0.2, -0.15) is 0 Å². The minimum Gasteiger partial charge on any atom is -0.396 e. The summed E-state index contributed by atoms with van der Waals surface area (Å²) in [5.41, 5.74) is 2.42. The van der Waals surface area contributed by atoms with Crippen molar-refractivity contribution in [2.45, 2.75) is 65.4 Å². The van der Waals surface area contributed by atoms with E-state index in [2.05, 4.69) is 37.5 Å². The summed E-state index contributed by atoms with van der Waals surface area (Å²) in [7, 11) is 0. The van der Waals surface area contributed by atoms with Crippen LogP contribution in [0.4, 0.5) is 11.4 Å². The average molecular weight is 510 g/mol. The van der Waals surface area contributed by atoms with Crippen LogP contribution in [0.25, 0.3) is 0 Å². The third kappa shape index (κ3) is 6.98. The number of carbonyl (C=O) groups excluding carboxylic acids is 2. The number of anilines is 2. The molecule has 4 N–H and O–H groups in total. The highest BCUT2D eigenvalue weighted by atomic mass is 16.3. The van der Waals surface area contributed by atoms with E-state index < -0.39 is 11.5 Å². The van der Waals surface area contributed by atoms with Crippen molar-refractivity contribution in [3.8, 4) is 0 Å². The lowest BCUT2D eigenvalue weighted by atomic mass is 9.82. The van der Waals surface area contributed by atoms with Crippen molar-refractivity contribution < 1.29 is 19.8 Å². The summed E-state index contributed by atoms with van der Waals surface area (Å²) in [6, 6.07) is 5.36. The van der Waals surface area contributed by atoms with Crippen molar-refractivity contribution in [1.29, 1.82) is 0 Å². The summed E-state index contributed by atoms with van der Waals surface area (Å²) in [6.45, 7) is 9.97. The predicted molar refractivity (Wildman–Crippen MR) is 149 cm³/mol. The lowest BCUT2D eigenvalue weighted by Crippen LogP contribution is -2.44. The quantitative estimate of drug-likeness (QED) is 0.331. The van der Waals surface area contributed by atoms with E-state index in [4.69, 9.17) is 5.11 Å². The van der Waals surface area contributed by atoms with E-state index in [9.17, 15) is 14.7 Å². The Hall–Kier alpha value is -2.74. The van der Waals surface area contributed by atoms with Crippen LogP contribution in [0.1, 0.15) is 65.4 Å². The van der Waals surface area contributed by atoms with Crippen molar-refractivity contribution in [2.24, 2.45) is 11.8 Å². The summed E-state index contributed by atoms with van der Waals surface area (Å²) in [5, 5.41) is 27.3. The minimum absolute atomic E-state index is 0.00132. The van der Waals surface area contributed by atoms with Crippen molar-refractivity contribution in [1.82, 2.24) is 5.32 Å². The number of benzene rings is 1. The second-order valence-electron chi connectivity index (χ2n) is 10.5. The average Bonchev–Trinajstić information content (AvgIpc) is 3.09. The van der Waals surface area contributed by atoms with Crippen LogP contribution >= 0.6 is 0 Å². The van der Waals surface area contributed by atoms with Crippen LogP contribution in [0.3, 0.4) is 0 Å². The van der Waals surface area contributed by atoms with Crippen LogP contribution in [0, 0.1) is 11.8 Å². The number of aliphatic hydroxyl groups is 2. The molecule has 1 unspecified atom stereocenters. The Morgan fingerprint density at radius 3 is 2.73 bits per heavy atom. The van der Waals surface area contributed by atoms with Gasteiger partial charge in [0.15, 0.2) is 5.60 Å². The van der Waals surface area contributed by atoms with E-state index in [0.29, 0.717) is 36.4 Å². The lowest BCUT2D eigenvalue weighted by Gasteiger charge is -2.28. The number of hydrogen-bond acceptors (Lipinski definition) is 5. The molecule has 0 aliphatic carbocycles. The third-order valence-electron chi connectivity index (χ3n) is 7.30. The van der Waals surface area contributed by atoms with Gasteiger partial charge in [-0.1, -0.05) is 42.4 Å². The lowest BCUT2D eigenvalue weighted by molar-refractivity contribution is -0.139. The number of nitrogens with zero attached hydrogens (tertiary/aromatic N) is 1. The maximum absolute atomic E-state index is 13.7. The molecule has 1 saturated heterocycles. The molecule has 2 heterocycles. The maximum atomic E-state index is 13.7. The van der Waals surface area contributed by atoms with Crippen LogP contribution in [-0.4, -0.2) is 48.3 Å². The highest BCUT2D eigenvalue weighted by Gasteiger charge is 2.52. The van der Waals surface area contributed by atoms with Gasteiger partial charge in [0.05, 0.1) is 11.6 Å². The maximum Gasteiger partial charge on any atom is 0.264 e. The van der Waals surface area contributed by atoms with Gasteiger partial charge in [-0.15, -0.1) is 0 Å². The van der Waals surface area contributed by atoms with Gasteiger partial charge in [0.1, 0.15) is 0 Å². The molecule has 1 aromatic rings. The van der Waals surface area contributed by atoms with Gasteiger partial charge >= 0.3 is 0 Å². The molecule has 202 valence electrons. The van der Waals surface area contributed by atoms with E-state index in [-0.39, 0.29) is 24.3 Å². The molecule has 3 rings (SSSR count). The summed E-state index contributed by atoms with van der Waals surface area (Å²) in [5.74, 6) is -1.05. The standard InChI is InChI=1S/C30H43N3O4/c1-21(2)9-7-10-22(3)15-17-33-27-14-13-25(32-28(35)24-12-8-16-31-20-24)19-26(27)30(37,29(33)36)23(4)11-5-6-18-34/h5,9,11,13-15,19,23-24,31,34,37H,6-8,10,12,16-18,20H2,1-4H3,(H,32,35)/b11-5+,22-15+/t23-,24?,30+/m1/s1. The first-order valence-corrected chi connectivity index (χ1v) is 13.5. The molecular formula is C30H43N3O4. The molecule has 1 aromatic carbocycles. The smallest absolute Gasteiger partial charge is 0.264 e. The number of carbonyl (C=O) groups is 2. The minimum atomic E-state index is -1.77. The summed E-state index contributed by atoms with van der Waals surface area (Å²) < 4.78 is 0. The first kappa shape index (κ1) is 28.8. The number of piperidine rings is 1. The number of aliphatic hydroxyl groups excluding tert-OH is 1. The summed E-state index contributed by atoms with van der Waals surface area (Å²) in [4.78, 5) is 28.2. The molecule has 2 aliphatic rings. The number of amides is 2. The SMILES string of the molecule is CC(C)=CCC/C(C)=C/CN1C(=O)[C@](O)([C@H](C)/C=C/CCO)c2cc(NC(=O)C3CCCNC3)ccc21. The molecule has 7 nitrogen and oxygen atoms in total. The predicted octanol–water partition coefficient (Wildman–Crippen LogP) is 4.43. The number of nitrogens with one attached hydrogen (secondary N) is 2. The Labute approximate surface area is 221 Å². The van der Waals surface area contributed by atoms with Crippen LogP contribution in [-0.2, 0) is 15.2 Å². The van der Waals surface area contributed by atoms with E-state index in [1.165, 1.54) is 11.1 Å². The fourth-order valence-electron chi connectivity index (χ4n) is 4.98. The van der Waals surface area contributed by atoms with Gasteiger partial charge in [-0.3, -0.25) is 9.59 Å². The van der Waals surface area contributed by atoms with Gasteiger partial charge < -0.3 is 25.7 Å². The first-order valence-electron chi connectivity index (χ1n) is 13.5. The molecule has 3 atom stereocenters. The molecule has 0 bridgehead atoms. The molecule has 37 heavy (non-hydrogen) atoms. The Morgan fingerprint density at radius 1 is 1.27 bits per heavy atom. The van der Waals surface area contributed by atoms with E-state index in [1.54, 1.807) is 36.1 Å². The molecular weight excluding hydrogens is 466 g/mol. The molecule has 0 radical (unpaired) electrons. The molecule has 2 amide bonds. The van der Waals surface area contributed by atoms with Gasteiger partial charge in [0.25, 0.3) is 5.91 Å². The number of allylic oxidation sites excluding steroid dienone is 3. The fourth-order valence-corrected chi connectivity index (χ4v) is 4.98. The number of hydrogen-bond donors (Lipinski definition) is 4. The molecule has 0 aromatic heterocycles. The molecule has 0 saturated carbocycles. The van der Waals surface area contributed by atoms with Gasteiger partial charge in [-0.05, 0) is 77.6 Å². The molecule has 2 aliphatic heterocycles. The highest BCUT2D eigenvalue weighted by Crippen LogP contribution is 2.46. The zero-order valence-electron chi connectivity index (χ0n) is 22.7. The van der Waals surface area contributed by atoms with Crippen molar-refractivity contribution in [2.75, 3.05) is 36.5 Å². The van der Waals surface area contributed by atoms with Crippen LogP contribution < -0.4 is 15.5 Å². The number of rotatable bonds is 11. The van der Waals surface area contributed by atoms with E-state index >= 15 is 0 Å². The Kier molecular flexibility index (Phi) is 10.3. The second kappa shape index (κ2) is 13.2. The fraction of sp³-hybridized carbons (Fsp3) is 0.533. The van der Waals surface area contributed by atoms with Crippen LogP contribution in [0.15, 0.2) is 53.6 Å². The Balaban J connectivity index is 1.89. The van der Waals surface area contributed by atoms with Crippen molar-refractivity contribution >= 4 is 23.2 Å². The topological polar surface area (TPSA) is 102 Å². The van der Waals surface area contributed by atoms with E-state index in [1.807, 2.05) is 12.1 Å². The summed E-state index contributed by atoms with van der Waals surface area (Å²) >= 11 is 0.